The summed E-state index contributed by atoms with van der Waals surface area (Å²) in [5, 5.41) is 0.209. The molecule has 90 valence electrons. The van der Waals surface area contributed by atoms with Crippen LogP contribution in [0, 0.1) is 0 Å². The zero-order chi connectivity index (χ0) is 12.2. The lowest BCUT2D eigenvalue weighted by Crippen LogP contribution is -2.13. The third-order valence-corrected chi connectivity index (χ3v) is 3.63. The molecule has 0 amide bonds. The van der Waals surface area contributed by atoms with Crippen molar-refractivity contribution >= 4 is 12.9 Å². The van der Waals surface area contributed by atoms with Crippen LogP contribution in [0.25, 0.3) is 0 Å². The van der Waals surface area contributed by atoms with E-state index in [0.29, 0.717) is 0 Å². The van der Waals surface area contributed by atoms with E-state index in [9.17, 15) is 14.4 Å². The van der Waals surface area contributed by atoms with Gasteiger partial charge in [-0.2, -0.15) is 0 Å². The highest BCUT2D eigenvalue weighted by molar-refractivity contribution is 7.60. The Morgan fingerprint density at radius 3 is 2.25 bits per heavy atom. The van der Waals surface area contributed by atoms with E-state index in [1.54, 1.807) is 12.1 Å². The molecular formula is C12H19O3P. The van der Waals surface area contributed by atoms with Gasteiger partial charge in [-0.05, 0) is 30.0 Å². The number of hydrogen-bond acceptors (Lipinski definition) is 1. The van der Waals surface area contributed by atoms with Gasteiger partial charge in [0.15, 0.2) is 0 Å². The standard InChI is InChI=1S/C12H19O3P/c1-3-6-10-8-5-9-12(16(13,14)15)11(10)7-4-2/h5,8-9H,3-4,6-7H2,1-2H3,(H2,13,14,15). The molecule has 0 aromatic heterocycles. The summed E-state index contributed by atoms with van der Waals surface area (Å²) in [6, 6.07) is 5.25. The van der Waals surface area contributed by atoms with Crippen molar-refractivity contribution in [1.82, 2.24) is 0 Å². The molecule has 3 nitrogen and oxygen atoms in total. The summed E-state index contributed by atoms with van der Waals surface area (Å²) in [6.45, 7) is 4.09. The van der Waals surface area contributed by atoms with Crippen LogP contribution in [0.15, 0.2) is 18.2 Å². The Balaban J connectivity index is 3.26. The second kappa shape index (κ2) is 5.62. The topological polar surface area (TPSA) is 57.5 Å². The maximum Gasteiger partial charge on any atom is 0.356 e. The van der Waals surface area contributed by atoms with Crippen LogP contribution in [0.5, 0.6) is 0 Å². The summed E-state index contributed by atoms with van der Waals surface area (Å²) < 4.78 is 11.4. The van der Waals surface area contributed by atoms with E-state index in [-0.39, 0.29) is 5.30 Å². The van der Waals surface area contributed by atoms with Gasteiger partial charge in [-0.3, -0.25) is 4.57 Å². The normalized spacial score (nSPS) is 11.8. The second-order valence-corrected chi connectivity index (χ2v) is 5.53. The van der Waals surface area contributed by atoms with Crippen molar-refractivity contribution in [2.75, 3.05) is 0 Å². The molecule has 4 heteroatoms. The van der Waals surface area contributed by atoms with Gasteiger partial charge >= 0.3 is 7.60 Å². The first kappa shape index (κ1) is 13.4. The second-order valence-electron chi connectivity index (χ2n) is 3.96. The molecule has 0 aliphatic heterocycles. The highest BCUT2D eigenvalue weighted by Crippen LogP contribution is 2.36. The Kier molecular flexibility index (Phi) is 4.72. The minimum atomic E-state index is -4.14. The summed E-state index contributed by atoms with van der Waals surface area (Å²) >= 11 is 0. The average molecular weight is 242 g/mol. The van der Waals surface area contributed by atoms with Crippen LogP contribution in [0.4, 0.5) is 0 Å². The number of aryl methyl sites for hydroxylation is 1. The van der Waals surface area contributed by atoms with Gasteiger partial charge in [-0.15, -0.1) is 0 Å². The maximum atomic E-state index is 11.4. The number of benzene rings is 1. The molecule has 1 rings (SSSR count). The fourth-order valence-corrected chi connectivity index (χ4v) is 2.82. The van der Waals surface area contributed by atoms with E-state index in [1.807, 2.05) is 13.0 Å². The largest absolute Gasteiger partial charge is 0.356 e. The van der Waals surface area contributed by atoms with E-state index in [1.165, 1.54) is 0 Å². The quantitative estimate of drug-likeness (QED) is 0.779. The molecular weight excluding hydrogens is 223 g/mol. The highest BCUT2D eigenvalue weighted by atomic mass is 31.2. The maximum absolute atomic E-state index is 11.4. The molecule has 0 aliphatic rings. The average Bonchev–Trinajstić information content (AvgIpc) is 2.19. The van der Waals surface area contributed by atoms with Crippen LogP contribution in [0.3, 0.4) is 0 Å². The Bertz CT molecular complexity index is 395. The molecule has 16 heavy (non-hydrogen) atoms. The number of hydrogen-bond donors (Lipinski definition) is 2. The molecule has 0 fully saturated rings. The molecule has 2 N–H and O–H groups in total. The Morgan fingerprint density at radius 1 is 1.12 bits per heavy atom. The molecule has 0 saturated heterocycles. The van der Waals surface area contributed by atoms with Gasteiger partial charge in [-0.25, -0.2) is 0 Å². The first-order chi connectivity index (χ1) is 7.50. The summed E-state index contributed by atoms with van der Waals surface area (Å²) in [4.78, 5) is 18.6. The third kappa shape index (κ3) is 3.18. The van der Waals surface area contributed by atoms with Crippen molar-refractivity contribution in [3.05, 3.63) is 29.3 Å². The van der Waals surface area contributed by atoms with Crippen LogP contribution >= 0.6 is 7.60 Å². The molecule has 0 spiro atoms. The first-order valence-corrected chi connectivity index (χ1v) is 7.28. The van der Waals surface area contributed by atoms with Crippen LogP contribution in [0.1, 0.15) is 37.8 Å². The van der Waals surface area contributed by atoms with E-state index >= 15 is 0 Å². The van der Waals surface area contributed by atoms with E-state index in [4.69, 9.17) is 0 Å². The van der Waals surface area contributed by atoms with E-state index in [2.05, 4.69) is 6.92 Å². The van der Waals surface area contributed by atoms with Crippen LogP contribution in [-0.2, 0) is 17.4 Å². The van der Waals surface area contributed by atoms with E-state index < -0.39 is 7.60 Å². The fourth-order valence-electron chi connectivity index (χ4n) is 1.94. The minimum absolute atomic E-state index is 0.209. The van der Waals surface area contributed by atoms with Gasteiger partial charge in [0.1, 0.15) is 0 Å². The molecule has 1 aromatic carbocycles. The predicted molar refractivity (Wildman–Crippen MR) is 66.1 cm³/mol. The molecule has 0 heterocycles. The lowest BCUT2D eigenvalue weighted by molar-refractivity contribution is 0.387. The van der Waals surface area contributed by atoms with Gasteiger partial charge in [0.25, 0.3) is 0 Å². The van der Waals surface area contributed by atoms with Gasteiger partial charge in [0.2, 0.25) is 0 Å². The summed E-state index contributed by atoms with van der Waals surface area (Å²) in [5.74, 6) is 0. The molecule has 0 radical (unpaired) electrons. The predicted octanol–water partition coefficient (Wildman–Crippen LogP) is 2.39. The van der Waals surface area contributed by atoms with Crippen molar-refractivity contribution in [3.63, 3.8) is 0 Å². The van der Waals surface area contributed by atoms with Crippen molar-refractivity contribution in [3.8, 4) is 0 Å². The Morgan fingerprint density at radius 2 is 1.75 bits per heavy atom. The number of rotatable bonds is 5. The van der Waals surface area contributed by atoms with Crippen molar-refractivity contribution in [2.45, 2.75) is 39.5 Å². The molecule has 0 aliphatic carbocycles. The SMILES string of the molecule is CCCc1cccc(P(=O)(O)O)c1CCC. The highest BCUT2D eigenvalue weighted by Gasteiger charge is 2.22. The van der Waals surface area contributed by atoms with E-state index in [0.717, 1.165) is 36.8 Å². The first-order valence-electron chi connectivity index (χ1n) is 5.67. The molecule has 1 aromatic rings. The van der Waals surface area contributed by atoms with Crippen molar-refractivity contribution in [1.29, 1.82) is 0 Å². The monoisotopic (exact) mass is 242 g/mol. The third-order valence-electron chi connectivity index (χ3n) is 2.58. The van der Waals surface area contributed by atoms with Crippen molar-refractivity contribution < 1.29 is 14.4 Å². The zero-order valence-corrected chi connectivity index (χ0v) is 10.7. The van der Waals surface area contributed by atoms with Crippen LogP contribution < -0.4 is 5.30 Å². The van der Waals surface area contributed by atoms with Gasteiger partial charge in [-0.1, -0.05) is 38.8 Å². The Labute approximate surface area is 96.7 Å². The van der Waals surface area contributed by atoms with Gasteiger partial charge in [0, 0.05) is 0 Å². The van der Waals surface area contributed by atoms with Gasteiger partial charge < -0.3 is 9.79 Å². The van der Waals surface area contributed by atoms with Gasteiger partial charge in [0.05, 0.1) is 5.30 Å². The van der Waals surface area contributed by atoms with Crippen molar-refractivity contribution in [2.24, 2.45) is 0 Å². The molecule has 0 saturated carbocycles. The lowest BCUT2D eigenvalue weighted by Gasteiger charge is -2.14. The molecule has 0 unspecified atom stereocenters. The van der Waals surface area contributed by atoms with Crippen LogP contribution in [-0.4, -0.2) is 9.79 Å². The summed E-state index contributed by atoms with van der Waals surface area (Å²) in [5.41, 5.74) is 1.92. The minimum Gasteiger partial charge on any atom is -0.321 e. The Hall–Kier alpha value is -0.630. The zero-order valence-electron chi connectivity index (χ0n) is 9.81. The smallest absolute Gasteiger partial charge is 0.321 e. The summed E-state index contributed by atoms with van der Waals surface area (Å²) in [6.07, 6.45) is 3.49. The van der Waals surface area contributed by atoms with Crippen LogP contribution in [0.2, 0.25) is 0 Å². The fraction of sp³-hybridized carbons (Fsp3) is 0.500. The molecule has 0 bridgehead atoms. The summed E-state index contributed by atoms with van der Waals surface area (Å²) in [7, 11) is -4.14. The lowest BCUT2D eigenvalue weighted by atomic mass is 10.00. The molecule has 0 atom stereocenters.